The third-order valence-corrected chi connectivity index (χ3v) is 6.45. The van der Waals surface area contributed by atoms with Crippen LogP contribution in [-0.2, 0) is 0 Å². The Morgan fingerprint density at radius 1 is 0.905 bits per heavy atom. The summed E-state index contributed by atoms with van der Waals surface area (Å²) >= 11 is 0. The van der Waals surface area contributed by atoms with Crippen LogP contribution in [0.3, 0.4) is 0 Å². The van der Waals surface area contributed by atoms with Crippen LogP contribution >= 0.6 is 0 Å². The van der Waals surface area contributed by atoms with Gasteiger partial charge in [-0.15, -0.1) is 0 Å². The Morgan fingerprint density at radius 2 is 1.71 bits per heavy atom. The van der Waals surface area contributed by atoms with Crippen molar-refractivity contribution in [3.63, 3.8) is 0 Å². The predicted octanol–water partition coefficient (Wildman–Crippen LogP) is 2.47. The molecule has 2 heterocycles. The molecule has 0 spiro atoms. The predicted molar refractivity (Wildman–Crippen MR) is 87.6 cm³/mol. The molecule has 2 aliphatic heterocycles. The van der Waals surface area contributed by atoms with Crippen LogP contribution in [0.25, 0.3) is 0 Å². The van der Waals surface area contributed by atoms with E-state index in [2.05, 4.69) is 15.1 Å². The van der Waals surface area contributed by atoms with Gasteiger partial charge in [-0.05, 0) is 70.0 Å². The van der Waals surface area contributed by atoms with Crippen molar-refractivity contribution in [2.45, 2.75) is 69.9 Å². The minimum atomic E-state index is 0.608. The molecule has 4 rings (SSSR count). The lowest BCUT2D eigenvalue weighted by Crippen LogP contribution is -2.45. The molecule has 0 amide bonds. The molecule has 1 N–H and O–H groups in total. The van der Waals surface area contributed by atoms with Crippen LogP contribution in [-0.4, -0.2) is 61.2 Å². The summed E-state index contributed by atoms with van der Waals surface area (Å²) < 4.78 is 0. The molecule has 0 aromatic heterocycles. The zero-order valence-electron chi connectivity index (χ0n) is 13.7. The van der Waals surface area contributed by atoms with Gasteiger partial charge in [-0.3, -0.25) is 4.90 Å². The van der Waals surface area contributed by atoms with Crippen LogP contribution < -0.4 is 5.32 Å². The van der Waals surface area contributed by atoms with Gasteiger partial charge in [-0.1, -0.05) is 12.8 Å². The summed E-state index contributed by atoms with van der Waals surface area (Å²) in [5.74, 6) is 0. The van der Waals surface area contributed by atoms with Gasteiger partial charge in [0, 0.05) is 31.7 Å². The average molecular weight is 291 g/mol. The maximum absolute atomic E-state index is 3.85. The van der Waals surface area contributed by atoms with Gasteiger partial charge in [-0.25, -0.2) is 0 Å². The minimum absolute atomic E-state index is 0.608. The Bertz CT molecular complexity index is 346. The smallest absolute Gasteiger partial charge is 0.0223 e. The van der Waals surface area contributed by atoms with Crippen molar-refractivity contribution >= 4 is 0 Å². The van der Waals surface area contributed by atoms with Crippen LogP contribution in [0, 0.1) is 5.41 Å². The van der Waals surface area contributed by atoms with E-state index in [9.17, 15) is 0 Å². The molecule has 4 fully saturated rings. The van der Waals surface area contributed by atoms with Crippen molar-refractivity contribution in [1.29, 1.82) is 0 Å². The van der Waals surface area contributed by atoms with E-state index < -0.39 is 0 Å². The summed E-state index contributed by atoms with van der Waals surface area (Å²) in [7, 11) is 0. The zero-order valence-corrected chi connectivity index (χ0v) is 13.7. The first-order chi connectivity index (χ1) is 10.3. The lowest BCUT2D eigenvalue weighted by Gasteiger charge is -2.36. The largest absolute Gasteiger partial charge is 0.313 e. The molecule has 1 unspecified atom stereocenters. The minimum Gasteiger partial charge on any atom is -0.313 e. The second-order valence-corrected chi connectivity index (χ2v) is 8.28. The van der Waals surface area contributed by atoms with Crippen molar-refractivity contribution in [1.82, 2.24) is 15.1 Å². The van der Waals surface area contributed by atoms with Crippen LogP contribution in [0.4, 0.5) is 0 Å². The van der Waals surface area contributed by atoms with Gasteiger partial charge in [0.25, 0.3) is 0 Å². The van der Waals surface area contributed by atoms with E-state index in [4.69, 9.17) is 0 Å². The maximum atomic E-state index is 3.85. The van der Waals surface area contributed by atoms with E-state index in [-0.39, 0.29) is 0 Å². The lowest BCUT2D eigenvalue weighted by molar-refractivity contribution is 0.137. The average Bonchev–Trinajstić information content (AvgIpc) is 3.11. The fraction of sp³-hybridized carbons (Fsp3) is 1.00. The van der Waals surface area contributed by atoms with E-state index in [1.165, 1.54) is 97.1 Å². The van der Waals surface area contributed by atoms with Crippen LogP contribution in [0.15, 0.2) is 0 Å². The number of hydrogen-bond donors (Lipinski definition) is 1. The Morgan fingerprint density at radius 3 is 2.52 bits per heavy atom. The molecule has 4 aliphatic rings. The Kier molecular flexibility index (Phi) is 4.25. The van der Waals surface area contributed by atoms with E-state index >= 15 is 0 Å². The zero-order chi connectivity index (χ0) is 14.1. The molecular formula is C18H33N3. The quantitative estimate of drug-likeness (QED) is 0.839. The second kappa shape index (κ2) is 6.17. The SMILES string of the molecule is C1CC2CN(CC3(CNC4CC4)CCCC3)CCCN2C1. The first-order valence-corrected chi connectivity index (χ1v) is 9.53. The number of rotatable bonds is 5. The molecular weight excluding hydrogens is 258 g/mol. The summed E-state index contributed by atoms with van der Waals surface area (Å²) in [6, 6.07) is 1.75. The second-order valence-electron chi connectivity index (χ2n) is 8.28. The van der Waals surface area contributed by atoms with Gasteiger partial charge in [-0.2, -0.15) is 0 Å². The van der Waals surface area contributed by atoms with Crippen molar-refractivity contribution in [3.05, 3.63) is 0 Å². The van der Waals surface area contributed by atoms with E-state index in [0.717, 1.165) is 12.1 Å². The third kappa shape index (κ3) is 3.46. The molecule has 1 atom stereocenters. The van der Waals surface area contributed by atoms with Gasteiger partial charge < -0.3 is 10.2 Å². The third-order valence-electron chi connectivity index (χ3n) is 6.45. The number of nitrogens with one attached hydrogen (secondary N) is 1. The van der Waals surface area contributed by atoms with Crippen LogP contribution in [0.2, 0.25) is 0 Å². The molecule has 2 aliphatic carbocycles. The highest BCUT2D eigenvalue weighted by Crippen LogP contribution is 2.39. The van der Waals surface area contributed by atoms with Crippen molar-refractivity contribution < 1.29 is 0 Å². The fourth-order valence-corrected chi connectivity index (χ4v) is 5.07. The molecule has 0 aromatic rings. The number of fused-ring (bicyclic) bond motifs is 1. The summed E-state index contributed by atoms with van der Waals surface area (Å²) in [5.41, 5.74) is 0.608. The van der Waals surface area contributed by atoms with Gasteiger partial charge >= 0.3 is 0 Å². The van der Waals surface area contributed by atoms with Gasteiger partial charge in [0.1, 0.15) is 0 Å². The van der Waals surface area contributed by atoms with Gasteiger partial charge in [0.05, 0.1) is 0 Å². The summed E-state index contributed by atoms with van der Waals surface area (Å²) in [6.45, 7) is 8.09. The first kappa shape index (κ1) is 14.5. The van der Waals surface area contributed by atoms with Crippen molar-refractivity contribution in [2.24, 2.45) is 5.41 Å². The number of hydrogen-bond acceptors (Lipinski definition) is 3. The highest BCUT2D eigenvalue weighted by atomic mass is 15.3. The highest BCUT2D eigenvalue weighted by Gasteiger charge is 2.38. The number of nitrogens with zero attached hydrogens (tertiary/aromatic N) is 2. The Balaban J connectivity index is 1.37. The molecule has 21 heavy (non-hydrogen) atoms. The molecule has 0 radical (unpaired) electrons. The molecule has 0 bridgehead atoms. The topological polar surface area (TPSA) is 18.5 Å². The summed E-state index contributed by atoms with van der Waals surface area (Å²) in [4.78, 5) is 5.61. The van der Waals surface area contributed by atoms with Gasteiger partial charge in [0.15, 0.2) is 0 Å². The standard InChI is InChI=1S/C18H33N3/c1-2-9-18(8-1,14-19-16-6-7-16)15-20-10-4-12-21-11-3-5-17(21)13-20/h16-17,19H,1-15H2. The Hall–Kier alpha value is -0.120. The van der Waals surface area contributed by atoms with E-state index in [1.54, 1.807) is 0 Å². The molecule has 0 aromatic carbocycles. The Labute approximate surface area is 130 Å². The maximum Gasteiger partial charge on any atom is 0.0223 e. The first-order valence-electron chi connectivity index (χ1n) is 9.53. The lowest BCUT2D eigenvalue weighted by atomic mass is 9.85. The molecule has 3 heteroatoms. The monoisotopic (exact) mass is 291 g/mol. The van der Waals surface area contributed by atoms with E-state index in [1.807, 2.05) is 0 Å². The normalized spacial score (nSPS) is 34.0. The molecule has 120 valence electrons. The molecule has 2 saturated heterocycles. The van der Waals surface area contributed by atoms with Crippen LogP contribution in [0.1, 0.15) is 57.8 Å². The summed E-state index contributed by atoms with van der Waals surface area (Å²) in [6.07, 6.45) is 13.0. The molecule has 3 nitrogen and oxygen atoms in total. The summed E-state index contributed by atoms with van der Waals surface area (Å²) in [5, 5.41) is 3.85. The van der Waals surface area contributed by atoms with Crippen molar-refractivity contribution in [2.75, 3.05) is 39.3 Å². The van der Waals surface area contributed by atoms with E-state index in [0.29, 0.717) is 5.41 Å². The fourth-order valence-electron chi connectivity index (χ4n) is 5.07. The van der Waals surface area contributed by atoms with Crippen molar-refractivity contribution in [3.8, 4) is 0 Å². The van der Waals surface area contributed by atoms with Gasteiger partial charge in [0.2, 0.25) is 0 Å². The molecule has 2 saturated carbocycles. The van der Waals surface area contributed by atoms with Crippen LogP contribution in [0.5, 0.6) is 0 Å². The highest BCUT2D eigenvalue weighted by molar-refractivity contribution is 4.94.